The number of hydrogen-bond donors (Lipinski definition) is 2. The van der Waals surface area contributed by atoms with Crippen molar-refractivity contribution >= 4 is 6.03 Å². The van der Waals surface area contributed by atoms with Crippen molar-refractivity contribution in [2.45, 2.75) is 32.9 Å². The molecule has 2 N–H and O–H groups in total. The second-order valence-electron chi connectivity index (χ2n) is 6.44. The maximum absolute atomic E-state index is 12.4. The van der Waals surface area contributed by atoms with E-state index in [4.69, 9.17) is 0 Å². The van der Waals surface area contributed by atoms with Crippen LogP contribution in [0.5, 0.6) is 0 Å². The highest BCUT2D eigenvalue weighted by atomic mass is 16.3. The van der Waals surface area contributed by atoms with Gasteiger partial charge in [0.15, 0.2) is 0 Å². The third-order valence-electron chi connectivity index (χ3n) is 4.16. The molecule has 0 fully saturated rings. The first kappa shape index (κ1) is 18.5. The molecule has 0 bridgehead atoms. The first-order valence-corrected chi connectivity index (χ1v) is 7.63. The minimum Gasteiger partial charge on any atom is -0.395 e. The van der Waals surface area contributed by atoms with Crippen molar-refractivity contribution in [3.8, 4) is 0 Å². The van der Waals surface area contributed by atoms with Crippen LogP contribution in [0.15, 0.2) is 24.3 Å². The molecule has 0 aromatic heterocycles. The van der Waals surface area contributed by atoms with E-state index in [1.54, 1.807) is 4.90 Å². The summed E-state index contributed by atoms with van der Waals surface area (Å²) in [6, 6.07) is 7.84. The van der Waals surface area contributed by atoms with E-state index in [1.165, 1.54) is 0 Å². The van der Waals surface area contributed by atoms with Gasteiger partial charge in [-0.05, 0) is 46.0 Å². The van der Waals surface area contributed by atoms with Crippen molar-refractivity contribution in [1.29, 1.82) is 0 Å². The summed E-state index contributed by atoms with van der Waals surface area (Å²) in [4.78, 5) is 16.1. The zero-order chi connectivity index (χ0) is 16.8. The Bertz CT molecular complexity index is 487. The lowest BCUT2D eigenvalue weighted by Crippen LogP contribution is -2.51. The lowest BCUT2D eigenvalue weighted by atomic mass is 10.0. The number of nitrogens with zero attached hydrogens (tertiary/aromatic N) is 2. The molecule has 1 aromatic carbocycles. The number of hydrogen-bond acceptors (Lipinski definition) is 3. The maximum atomic E-state index is 12.4. The van der Waals surface area contributed by atoms with Crippen LogP contribution in [-0.2, 0) is 6.54 Å². The Morgan fingerprint density at radius 1 is 1.27 bits per heavy atom. The van der Waals surface area contributed by atoms with Crippen molar-refractivity contribution in [2.24, 2.45) is 0 Å². The zero-order valence-corrected chi connectivity index (χ0v) is 14.4. The monoisotopic (exact) mass is 307 g/mol. The van der Waals surface area contributed by atoms with E-state index >= 15 is 0 Å². The standard InChI is InChI=1S/C17H29N3O2/c1-14-8-6-7-9-15(14)12-20(10-11-21)16(22)18-13-17(2,3)19(4)5/h6-9,21H,10-13H2,1-5H3,(H,18,22). The van der Waals surface area contributed by atoms with E-state index in [1.807, 2.05) is 45.3 Å². The molecule has 1 rings (SSSR count). The van der Waals surface area contributed by atoms with Gasteiger partial charge in [0.1, 0.15) is 0 Å². The highest BCUT2D eigenvalue weighted by Gasteiger charge is 2.23. The normalized spacial score (nSPS) is 11.6. The van der Waals surface area contributed by atoms with Crippen LogP contribution in [0.1, 0.15) is 25.0 Å². The summed E-state index contributed by atoms with van der Waals surface area (Å²) in [7, 11) is 3.98. The number of nitrogens with one attached hydrogen (secondary N) is 1. The average molecular weight is 307 g/mol. The smallest absolute Gasteiger partial charge is 0.317 e. The van der Waals surface area contributed by atoms with Gasteiger partial charge in [0.05, 0.1) is 6.61 Å². The summed E-state index contributed by atoms with van der Waals surface area (Å²) in [6.45, 7) is 7.50. The van der Waals surface area contributed by atoms with Gasteiger partial charge in [0, 0.05) is 25.2 Å². The Morgan fingerprint density at radius 2 is 1.91 bits per heavy atom. The molecular formula is C17H29N3O2. The molecule has 5 nitrogen and oxygen atoms in total. The molecule has 0 saturated heterocycles. The first-order valence-electron chi connectivity index (χ1n) is 7.63. The Morgan fingerprint density at radius 3 is 2.45 bits per heavy atom. The average Bonchev–Trinajstić information content (AvgIpc) is 2.46. The number of urea groups is 1. The first-order chi connectivity index (χ1) is 10.3. The number of likely N-dealkylation sites (N-methyl/N-ethyl adjacent to an activating group) is 1. The van der Waals surface area contributed by atoms with Crippen LogP contribution >= 0.6 is 0 Å². The van der Waals surface area contributed by atoms with Gasteiger partial charge >= 0.3 is 6.03 Å². The number of carbonyl (C=O) groups is 1. The van der Waals surface area contributed by atoms with Gasteiger partial charge in [-0.15, -0.1) is 0 Å². The summed E-state index contributed by atoms with van der Waals surface area (Å²) in [5.74, 6) is 0. The van der Waals surface area contributed by atoms with E-state index in [-0.39, 0.29) is 18.2 Å². The lowest BCUT2D eigenvalue weighted by molar-refractivity contribution is 0.157. The van der Waals surface area contributed by atoms with Gasteiger partial charge in [0.2, 0.25) is 0 Å². The fraction of sp³-hybridized carbons (Fsp3) is 0.588. The van der Waals surface area contributed by atoms with Crippen LogP contribution in [0, 0.1) is 6.92 Å². The predicted molar refractivity (Wildman–Crippen MR) is 89.8 cm³/mol. The summed E-state index contributed by atoms with van der Waals surface area (Å²) >= 11 is 0. The number of rotatable bonds is 7. The van der Waals surface area contributed by atoms with Gasteiger partial charge < -0.3 is 20.2 Å². The third-order valence-corrected chi connectivity index (χ3v) is 4.16. The molecule has 0 unspecified atom stereocenters. The number of carbonyl (C=O) groups excluding carboxylic acids is 1. The molecule has 0 heterocycles. The number of aliphatic hydroxyl groups excluding tert-OH is 1. The molecule has 0 aliphatic carbocycles. The molecular weight excluding hydrogens is 278 g/mol. The molecule has 0 aliphatic rings. The van der Waals surface area contributed by atoms with Gasteiger partial charge in [-0.2, -0.15) is 0 Å². The molecule has 5 heteroatoms. The molecule has 0 aliphatic heterocycles. The summed E-state index contributed by atoms with van der Waals surface area (Å²) in [5, 5.41) is 12.2. The Kier molecular flexibility index (Phi) is 6.84. The zero-order valence-electron chi connectivity index (χ0n) is 14.4. The topological polar surface area (TPSA) is 55.8 Å². The third kappa shape index (κ3) is 5.31. The van der Waals surface area contributed by atoms with E-state index in [2.05, 4.69) is 24.1 Å². The van der Waals surface area contributed by atoms with Crippen molar-refractivity contribution in [3.05, 3.63) is 35.4 Å². The highest BCUT2D eigenvalue weighted by molar-refractivity contribution is 5.74. The maximum Gasteiger partial charge on any atom is 0.317 e. The lowest BCUT2D eigenvalue weighted by Gasteiger charge is -2.33. The predicted octanol–water partition coefficient (Wildman–Crippen LogP) is 1.84. The molecule has 0 spiro atoms. The van der Waals surface area contributed by atoms with Gasteiger partial charge in [0.25, 0.3) is 0 Å². The van der Waals surface area contributed by atoms with Crippen LogP contribution < -0.4 is 5.32 Å². The number of benzene rings is 1. The van der Waals surface area contributed by atoms with Crippen molar-refractivity contribution in [1.82, 2.24) is 15.1 Å². The minimum atomic E-state index is -0.146. The Labute approximate surface area is 133 Å². The van der Waals surface area contributed by atoms with Gasteiger partial charge in [-0.1, -0.05) is 24.3 Å². The van der Waals surface area contributed by atoms with E-state index in [0.29, 0.717) is 19.6 Å². The van der Waals surface area contributed by atoms with Crippen LogP contribution in [0.4, 0.5) is 4.79 Å². The van der Waals surface area contributed by atoms with E-state index < -0.39 is 0 Å². The molecule has 1 aromatic rings. The van der Waals surface area contributed by atoms with Gasteiger partial charge in [-0.3, -0.25) is 0 Å². The molecule has 0 saturated carbocycles. The quantitative estimate of drug-likeness (QED) is 0.808. The molecule has 0 radical (unpaired) electrons. The summed E-state index contributed by atoms with van der Waals surface area (Å²) in [5.41, 5.74) is 2.12. The SMILES string of the molecule is Cc1ccccc1CN(CCO)C(=O)NCC(C)(C)N(C)C. The largest absolute Gasteiger partial charge is 0.395 e. The fourth-order valence-electron chi connectivity index (χ4n) is 1.93. The second kappa shape index (κ2) is 8.15. The summed E-state index contributed by atoms with van der Waals surface area (Å²) < 4.78 is 0. The van der Waals surface area contributed by atoms with E-state index in [9.17, 15) is 9.90 Å². The molecule has 124 valence electrons. The number of aliphatic hydroxyl groups is 1. The number of amides is 2. The van der Waals surface area contributed by atoms with Crippen molar-refractivity contribution < 1.29 is 9.90 Å². The summed E-state index contributed by atoms with van der Waals surface area (Å²) in [6.07, 6.45) is 0. The van der Waals surface area contributed by atoms with Crippen molar-refractivity contribution in [2.75, 3.05) is 33.8 Å². The van der Waals surface area contributed by atoms with Crippen LogP contribution in [-0.4, -0.2) is 60.3 Å². The second-order valence-corrected chi connectivity index (χ2v) is 6.44. The minimum absolute atomic E-state index is 0.0453. The number of aryl methyl sites for hydroxylation is 1. The van der Waals surface area contributed by atoms with Crippen molar-refractivity contribution in [3.63, 3.8) is 0 Å². The molecule has 22 heavy (non-hydrogen) atoms. The van der Waals surface area contributed by atoms with Crippen LogP contribution in [0.3, 0.4) is 0 Å². The molecule has 0 atom stereocenters. The highest BCUT2D eigenvalue weighted by Crippen LogP contribution is 2.12. The van der Waals surface area contributed by atoms with Gasteiger partial charge in [-0.25, -0.2) is 4.79 Å². The Balaban J connectivity index is 2.70. The van der Waals surface area contributed by atoms with Crippen LogP contribution in [0.25, 0.3) is 0 Å². The van der Waals surface area contributed by atoms with Crippen LogP contribution in [0.2, 0.25) is 0 Å². The molecule has 2 amide bonds. The van der Waals surface area contributed by atoms with E-state index in [0.717, 1.165) is 11.1 Å². The Hall–Kier alpha value is -1.59. The fourth-order valence-corrected chi connectivity index (χ4v) is 1.93.